The van der Waals surface area contributed by atoms with Crippen LogP contribution in [-0.4, -0.2) is 52.6 Å². The van der Waals surface area contributed by atoms with E-state index in [1.807, 2.05) is 13.8 Å². The van der Waals surface area contributed by atoms with Gasteiger partial charge in [0.05, 0.1) is 31.4 Å². The van der Waals surface area contributed by atoms with Crippen LogP contribution in [0.4, 0.5) is 4.39 Å². The molecule has 0 saturated carbocycles. The van der Waals surface area contributed by atoms with Crippen molar-refractivity contribution in [1.82, 2.24) is 14.7 Å². The van der Waals surface area contributed by atoms with Crippen LogP contribution in [0.3, 0.4) is 0 Å². The number of carbonyl (C=O) groups excluding carboxylic acids is 1. The van der Waals surface area contributed by atoms with Crippen molar-refractivity contribution >= 4 is 5.91 Å². The standard InChI is InChI=1S/C12H18FN3O2/c1-3-18-12(2)8-15(9-12)11(17)10-6-14-16(7-10)5-4-13/h6-7H,3-5,8-9H2,1-2H3. The van der Waals surface area contributed by atoms with Crippen LogP contribution >= 0.6 is 0 Å². The van der Waals surface area contributed by atoms with E-state index in [4.69, 9.17) is 4.74 Å². The molecule has 0 bridgehead atoms. The first-order valence-corrected chi connectivity index (χ1v) is 6.09. The highest BCUT2D eigenvalue weighted by Gasteiger charge is 2.42. The van der Waals surface area contributed by atoms with Gasteiger partial charge in [0.1, 0.15) is 12.3 Å². The molecule has 0 aliphatic carbocycles. The van der Waals surface area contributed by atoms with Gasteiger partial charge in [0.25, 0.3) is 5.91 Å². The zero-order chi connectivity index (χ0) is 13.2. The topological polar surface area (TPSA) is 47.4 Å². The molecule has 1 fully saturated rings. The van der Waals surface area contributed by atoms with Gasteiger partial charge in [0, 0.05) is 12.8 Å². The number of nitrogens with zero attached hydrogens (tertiary/aromatic N) is 3. The summed E-state index contributed by atoms with van der Waals surface area (Å²) in [6.45, 7) is 5.46. The molecule has 5 nitrogen and oxygen atoms in total. The minimum atomic E-state index is -0.485. The van der Waals surface area contributed by atoms with Gasteiger partial charge in [-0.1, -0.05) is 0 Å². The normalized spacial score (nSPS) is 17.6. The summed E-state index contributed by atoms with van der Waals surface area (Å²) in [4.78, 5) is 13.8. The van der Waals surface area contributed by atoms with Gasteiger partial charge < -0.3 is 9.64 Å². The number of hydrogen-bond acceptors (Lipinski definition) is 3. The molecule has 18 heavy (non-hydrogen) atoms. The van der Waals surface area contributed by atoms with Crippen molar-refractivity contribution in [3.63, 3.8) is 0 Å². The molecule has 1 amide bonds. The molecule has 100 valence electrons. The van der Waals surface area contributed by atoms with E-state index in [1.165, 1.54) is 10.9 Å². The van der Waals surface area contributed by atoms with Gasteiger partial charge in [-0.25, -0.2) is 4.39 Å². The summed E-state index contributed by atoms with van der Waals surface area (Å²) in [6, 6.07) is 0. The molecule has 1 saturated heterocycles. The summed E-state index contributed by atoms with van der Waals surface area (Å²) in [5.41, 5.74) is 0.279. The third kappa shape index (κ3) is 2.53. The Bertz CT molecular complexity index is 427. The number of ether oxygens (including phenoxy) is 1. The summed E-state index contributed by atoms with van der Waals surface area (Å²) >= 11 is 0. The number of aromatic nitrogens is 2. The molecular formula is C12H18FN3O2. The maximum Gasteiger partial charge on any atom is 0.257 e. The predicted molar refractivity (Wildman–Crippen MR) is 64.1 cm³/mol. The summed E-state index contributed by atoms with van der Waals surface area (Å²) in [5, 5.41) is 3.94. The molecule has 0 unspecified atom stereocenters. The second-order valence-electron chi connectivity index (χ2n) is 4.73. The lowest BCUT2D eigenvalue weighted by Gasteiger charge is -2.47. The zero-order valence-electron chi connectivity index (χ0n) is 10.7. The fraction of sp³-hybridized carbons (Fsp3) is 0.667. The summed E-state index contributed by atoms with van der Waals surface area (Å²) in [5.74, 6) is -0.0720. The Morgan fingerprint density at radius 3 is 2.94 bits per heavy atom. The Kier molecular flexibility index (Phi) is 3.65. The van der Waals surface area contributed by atoms with Crippen molar-refractivity contribution in [1.29, 1.82) is 0 Å². The van der Waals surface area contributed by atoms with Gasteiger partial charge in [0.2, 0.25) is 0 Å². The SMILES string of the molecule is CCOC1(C)CN(C(=O)c2cnn(CCF)c2)C1. The largest absolute Gasteiger partial charge is 0.372 e. The van der Waals surface area contributed by atoms with Crippen molar-refractivity contribution in [2.24, 2.45) is 0 Å². The molecule has 0 aromatic carbocycles. The van der Waals surface area contributed by atoms with E-state index >= 15 is 0 Å². The molecule has 1 aliphatic rings. The van der Waals surface area contributed by atoms with Crippen LogP contribution < -0.4 is 0 Å². The molecule has 1 aromatic heterocycles. The van der Waals surface area contributed by atoms with Crippen LogP contribution in [0.5, 0.6) is 0 Å². The number of halogens is 1. The van der Waals surface area contributed by atoms with Crippen LogP contribution in [-0.2, 0) is 11.3 Å². The quantitative estimate of drug-likeness (QED) is 0.791. The number of amides is 1. The lowest BCUT2D eigenvalue weighted by Crippen LogP contribution is -2.63. The van der Waals surface area contributed by atoms with Crippen molar-refractivity contribution in [3.05, 3.63) is 18.0 Å². The minimum absolute atomic E-state index is 0.0720. The van der Waals surface area contributed by atoms with E-state index in [1.54, 1.807) is 11.1 Å². The average Bonchev–Trinajstić information content (AvgIpc) is 2.74. The highest BCUT2D eigenvalue weighted by atomic mass is 19.1. The number of carbonyl (C=O) groups is 1. The number of likely N-dealkylation sites (tertiary alicyclic amines) is 1. The first-order chi connectivity index (χ1) is 8.58. The van der Waals surface area contributed by atoms with Crippen molar-refractivity contribution in [2.75, 3.05) is 26.4 Å². The maximum absolute atomic E-state index is 12.1. The summed E-state index contributed by atoms with van der Waals surface area (Å²) < 4.78 is 19.1. The monoisotopic (exact) mass is 255 g/mol. The van der Waals surface area contributed by atoms with Crippen molar-refractivity contribution in [3.8, 4) is 0 Å². The fourth-order valence-electron chi connectivity index (χ4n) is 2.21. The smallest absolute Gasteiger partial charge is 0.257 e. The Balaban J connectivity index is 1.93. The first kappa shape index (κ1) is 13.0. The van der Waals surface area contributed by atoms with Gasteiger partial charge in [-0.2, -0.15) is 5.10 Å². The van der Waals surface area contributed by atoms with Gasteiger partial charge in [-0.3, -0.25) is 9.48 Å². The van der Waals surface area contributed by atoms with Crippen LogP contribution in [0.15, 0.2) is 12.4 Å². The highest BCUT2D eigenvalue weighted by molar-refractivity contribution is 5.94. The molecule has 1 aromatic rings. The molecule has 2 heterocycles. The number of aryl methyl sites for hydroxylation is 1. The number of hydrogen-bond donors (Lipinski definition) is 0. The van der Waals surface area contributed by atoms with Crippen LogP contribution in [0.25, 0.3) is 0 Å². The molecule has 0 N–H and O–H groups in total. The van der Waals surface area contributed by atoms with E-state index < -0.39 is 6.67 Å². The molecule has 6 heteroatoms. The Labute approximate surface area is 106 Å². The van der Waals surface area contributed by atoms with Gasteiger partial charge in [-0.15, -0.1) is 0 Å². The van der Waals surface area contributed by atoms with Gasteiger partial charge in [-0.05, 0) is 13.8 Å². The Morgan fingerprint density at radius 1 is 1.61 bits per heavy atom. The lowest BCUT2D eigenvalue weighted by molar-refractivity contribution is -0.113. The third-order valence-electron chi connectivity index (χ3n) is 3.02. The highest BCUT2D eigenvalue weighted by Crippen LogP contribution is 2.26. The number of alkyl halides is 1. The first-order valence-electron chi connectivity index (χ1n) is 6.09. The van der Waals surface area contributed by atoms with Gasteiger partial charge in [0.15, 0.2) is 0 Å². The Hall–Kier alpha value is -1.43. The van der Waals surface area contributed by atoms with E-state index in [0.29, 0.717) is 25.3 Å². The second kappa shape index (κ2) is 5.06. The molecule has 0 spiro atoms. The van der Waals surface area contributed by atoms with Crippen molar-refractivity contribution < 1.29 is 13.9 Å². The lowest BCUT2D eigenvalue weighted by atomic mass is 9.95. The van der Waals surface area contributed by atoms with E-state index in [-0.39, 0.29) is 18.1 Å². The second-order valence-corrected chi connectivity index (χ2v) is 4.73. The summed E-state index contributed by atoms with van der Waals surface area (Å²) in [7, 11) is 0. The minimum Gasteiger partial charge on any atom is -0.372 e. The third-order valence-corrected chi connectivity index (χ3v) is 3.02. The van der Waals surface area contributed by atoms with E-state index in [0.717, 1.165) is 0 Å². The van der Waals surface area contributed by atoms with Crippen LogP contribution in [0.1, 0.15) is 24.2 Å². The van der Waals surface area contributed by atoms with E-state index in [2.05, 4.69) is 5.10 Å². The van der Waals surface area contributed by atoms with Crippen LogP contribution in [0.2, 0.25) is 0 Å². The molecule has 0 radical (unpaired) electrons. The van der Waals surface area contributed by atoms with Gasteiger partial charge >= 0.3 is 0 Å². The number of rotatable bonds is 5. The zero-order valence-corrected chi connectivity index (χ0v) is 10.7. The maximum atomic E-state index is 12.1. The summed E-state index contributed by atoms with van der Waals surface area (Å²) in [6.07, 6.45) is 3.06. The molecule has 1 aliphatic heterocycles. The van der Waals surface area contributed by atoms with E-state index in [9.17, 15) is 9.18 Å². The molecular weight excluding hydrogens is 237 g/mol. The Morgan fingerprint density at radius 2 is 2.33 bits per heavy atom. The average molecular weight is 255 g/mol. The predicted octanol–water partition coefficient (Wildman–Crippen LogP) is 1.10. The molecule has 2 rings (SSSR count). The fourth-order valence-corrected chi connectivity index (χ4v) is 2.21. The van der Waals surface area contributed by atoms with Crippen LogP contribution in [0, 0.1) is 0 Å². The van der Waals surface area contributed by atoms with Crippen molar-refractivity contribution in [2.45, 2.75) is 26.0 Å². The molecule has 0 atom stereocenters.